The summed E-state index contributed by atoms with van der Waals surface area (Å²) < 4.78 is 0. The predicted octanol–water partition coefficient (Wildman–Crippen LogP) is 6.41. The van der Waals surface area contributed by atoms with Gasteiger partial charge in [0.25, 0.3) is 5.91 Å². The van der Waals surface area contributed by atoms with Crippen molar-refractivity contribution in [3.05, 3.63) is 143 Å². The molecule has 0 aliphatic heterocycles. The first kappa shape index (κ1) is 25.6. The van der Waals surface area contributed by atoms with Gasteiger partial charge in [-0.05, 0) is 54.3 Å². The number of anilines is 1. The highest BCUT2D eigenvalue weighted by atomic mass is 16.2. The molecule has 2 amide bonds. The van der Waals surface area contributed by atoms with Crippen molar-refractivity contribution >= 4 is 23.6 Å². The molecule has 0 bridgehead atoms. The summed E-state index contributed by atoms with van der Waals surface area (Å²) >= 11 is 0. The van der Waals surface area contributed by atoms with E-state index in [0.717, 1.165) is 33.5 Å². The largest absolute Gasteiger partial charge is 0.352 e. The molecule has 0 aliphatic carbocycles. The molecular weight excluding hydrogens is 456 g/mol. The molecule has 0 radical (unpaired) electrons. The van der Waals surface area contributed by atoms with Gasteiger partial charge >= 0.3 is 0 Å². The van der Waals surface area contributed by atoms with E-state index in [-0.39, 0.29) is 18.2 Å². The Morgan fingerprint density at radius 1 is 0.730 bits per heavy atom. The Morgan fingerprint density at radius 2 is 1.38 bits per heavy atom. The van der Waals surface area contributed by atoms with Crippen molar-refractivity contribution in [1.29, 1.82) is 0 Å². The van der Waals surface area contributed by atoms with Crippen molar-refractivity contribution in [3.63, 3.8) is 0 Å². The second-order valence-corrected chi connectivity index (χ2v) is 9.27. The van der Waals surface area contributed by atoms with E-state index in [9.17, 15) is 9.59 Å². The minimum absolute atomic E-state index is 0.0345. The van der Waals surface area contributed by atoms with E-state index in [1.807, 2.05) is 111 Å². The first-order valence-electron chi connectivity index (χ1n) is 12.5. The Hall–Kier alpha value is -4.44. The zero-order chi connectivity index (χ0) is 26.0. The van der Waals surface area contributed by atoms with E-state index in [4.69, 9.17) is 0 Å². The summed E-state index contributed by atoms with van der Waals surface area (Å²) in [6.07, 6.45) is 3.72. The number of rotatable bonds is 9. The van der Waals surface area contributed by atoms with Crippen molar-refractivity contribution in [2.24, 2.45) is 0 Å². The van der Waals surface area contributed by atoms with Gasteiger partial charge in [-0.25, -0.2) is 0 Å². The summed E-state index contributed by atoms with van der Waals surface area (Å²) in [4.78, 5) is 27.6. The Bertz CT molecular complexity index is 1380. The molecule has 0 aromatic heterocycles. The Labute approximate surface area is 219 Å². The Morgan fingerprint density at radius 3 is 2.05 bits per heavy atom. The van der Waals surface area contributed by atoms with E-state index >= 15 is 0 Å². The van der Waals surface area contributed by atoms with E-state index < -0.39 is 0 Å². The summed E-state index contributed by atoms with van der Waals surface area (Å²) in [6, 6.07) is 33.7. The van der Waals surface area contributed by atoms with E-state index in [2.05, 4.69) is 17.4 Å². The fourth-order valence-corrected chi connectivity index (χ4v) is 4.18. The van der Waals surface area contributed by atoms with Crippen molar-refractivity contribution in [3.8, 4) is 0 Å². The van der Waals surface area contributed by atoms with Gasteiger partial charge in [0.1, 0.15) is 0 Å². The van der Waals surface area contributed by atoms with Crippen LogP contribution in [0.25, 0.3) is 6.08 Å². The summed E-state index contributed by atoms with van der Waals surface area (Å²) in [5, 5.41) is 2.99. The molecule has 4 rings (SSSR count). The maximum Gasteiger partial charge on any atom is 0.251 e. The van der Waals surface area contributed by atoms with Crippen LogP contribution in [-0.4, -0.2) is 11.8 Å². The molecule has 4 aromatic rings. The standard InChI is InChI=1S/C33H32N2O2/c1-25-8-6-12-29(20-25)23-34-32(36)22-28-14-17-31(18-15-28)35(24-30-13-7-9-26(2)21-30)33(37)19-16-27-10-4-3-5-11-27/h3-21H,22-24H2,1-2H3,(H,34,36)/b19-16+. The highest BCUT2D eigenvalue weighted by Crippen LogP contribution is 2.20. The molecule has 0 atom stereocenters. The lowest BCUT2D eigenvalue weighted by Crippen LogP contribution is -2.29. The third-order valence-electron chi connectivity index (χ3n) is 6.09. The first-order valence-corrected chi connectivity index (χ1v) is 12.5. The van der Waals surface area contributed by atoms with Crippen LogP contribution in [0.2, 0.25) is 0 Å². The molecular formula is C33H32N2O2. The molecule has 0 heterocycles. The molecule has 0 saturated heterocycles. The fraction of sp³-hybridized carbons (Fsp3) is 0.152. The molecule has 0 saturated carbocycles. The van der Waals surface area contributed by atoms with Gasteiger partial charge in [0.15, 0.2) is 0 Å². The van der Waals surface area contributed by atoms with Crippen LogP contribution >= 0.6 is 0 Å². The molecule has 37 heavy (non-hydrogen) atoms. The highest BCUT2D eigenvalue weighted by Gasteiger charge is 2.15. The van der Waals surface area contributed by atoms with Gasteiger partial charge in [-0.2, -0.15) is 0 Å². The topological polar surface area (TPSA) is 49.4 Å². The predicted molar refractivity (Wildman–Crippen MR) is 151 cm³/mol. The van der Waals surface area contributed by atoms with Gasteiger partial charge in [-0.15, -0.1) is 0 Å². The summed E-state index contributed by atoms with van der Waals surface area (Å²) in [5.74, 6) is -0.137. The second-order valence-electron chi connectivity index (χ2n) is 9.27. The number of carbonyl (C=O) groups is 2. The van der Waals surface area contributed by atoms with Crippen LogP contribution < -0.4 is 10.2 Å². The third-order valence-corrected chi connectivity index (χ3v) is 6.09. The summed E-state index contributed by atoms with van der Waals surface area (Å²) in [6.45, 7) is 5.04. The molecule has 1 N–H and O–H groups in total. The molecule has 0 fully saturated rings. The number of nitrogens with one attached hydrogen (secondary N) is 1. The number of amides is 2. The molecule has 0 unspecified atom stereocenters. The van der Waals surface area contributed by atoms with Gasteiger partial charge in [-0.3, -0.25) is 9.59 Å². The van der Waals surface area contributed by atoms with Crippen LogP contribution in [0.5, 0.6) is 0 Å². The highest BCUT2D eigenvalue weighted by molar-refractivity contribution is 6.03. The van der Waals surface area contributed by atoms with Gasteiger partial charge in [-0.1, -0.05) is 102 Å². The molecule has 4 heteroatoms. The normalized spacial score (nSPS) is 10.9. The van der Waals surface area contributed by atoms with Crippen LogP contribution in [0.1, 0.15) is 33.4 Å². The summed E-state index contributed by atoms with van der Waals surface area (Å²) in [5.41, 5.74) is 7.11. The van der Waals surface area contributed by atoms with E-state index in [0.29, 0.717) is 13.1 Å². The Kier molecular flexibility index (Phi) is 8.66. The maximum atomic E-state index is 13.3. The first-order chi connectivity index (χ1) is 18.0. The van der Waals surface area contributed by atoms with Gasteiger partial charge < -0.3 is 10.2 Å². The van der Waals surface area contributed by atoms with Crippen molar-refractivity contribution in [2.45, 2.75) is 33.4 Å². The quantitative estimate of drug-likeness (QED) is 0.277. The lowest BCUT2D eigenvalue weighted by Gasteiger charge is -2.22. The average Bonchev–Trinajstić information content (AvgIpc) is 2.90. The zero-order valence-corrected chi connectivity index (χ0v) is 21.4. The third kappa shape index (κ3) is 7.77. The number of carbonyl (C=O) groups excluding carboxylic acids is 2. The number of nitrogens with zero attached hydrogens (tertiary/aromatic N) is 1. The fourth-order valence-electron chi connectivity index (χ4n) is 4.18. The van der Waals surface area contributed by atoms with Crippen LogP contribution in [0.3, 0.4) is 0 Å². The number of hydrogen-bond acceptors (Lipinski definition) is 2. The van der Waals surface area contributed by atoms with Crippen LogP contribution in [0, 0.1) is 13.8 Å². The van der Waals surface area contributed by atoms with Crippen LogP contribution in [-0.2, 0) is 29.1 Å². The minimum atomic E-state index is -0.103. The smallest absolute Gasteiger partial charge is 0.251 e. The Balaban J connectivity index is 1.46. The van der Waals surface area contributed by atoms with Gasteiger partial charge in [0.2, 0.25) is 5.91 Å². The molecule has 4 nitrogen and oxygen atoms in total. The van der Waals surface area contributed by atoms with E-state index in [1.54, 1.807) is 11.0 Å². The molecule has 186 valence electrons. The zero-order valence-electron chi connectivity index (χ0n) is 21.4. The second kappa shape index (κ2) is 12.5. The molecule has 0 aliphatic rings. The number of hydrogen-bond donors (Lipinski definition) is 1. The van der Waals surface area contributed by atoms with Gasteiger partial charge in [0.05, 0.1) is 13.0 Å². The summed E-state index contributed by atoms with van der Waals surface area (Å²) in [7, 11) is 0. The van der Waals surface area contributed by atoms with Crippen molar-refractivity contribution in [2.75, 3.05) is 4.90 Å². The maximum absolute atomic E-state index is 13.3. The average molecular weight is 489 g/mol. The van der Waals surface area contributed by atoms with Crippen LogP contribution in [0.4, 0.5) is 5.69 Å². The van der Waals surface area contributed by atoms with Crippen LogP contribution in [0.15, 0.2) is 109 Å². The van der Waals surface area contributed by atoms with E-state index in [1.165, 1.54) is 5.56 Å². The lowest BCUT2D eigenvalue weighted by molar-refractivity contribution is -0.120. The van der Waals surface area contributed by atoms with Gasteiger partial charge in [0, 0.05) is 18.3 Å². The molecule has 4 aromatic carbocycles. The lowest BCUT2D eigenvalue weighted by atomic mass is 10.1. The monoisotopic (exact) mass is 488 g/mol. The SMILES string of the molecule is Cc1cccc(CNC(=O)Cc2ccc(N(Cc3cccc(C)c3)C(=O)/C=C/c3ccccc3)cc2)c1. The number of benzene rings is 4. The van der Waals surface area contributed by atoms with Crippen molar-refractivity contribution < 1.29 is 9.59 Å². The minimum Gasteiger partial charge on any atom is -0.352 e. The molecule has 0 spiro atoms. The van der Waals surface area contributed by atoms with Crippen molar-refractivity contribution in [1.82, 2.24) is 5.32 Å². The number of aryl methyl sites for hydroxylation is 2.